The average molecular weight is 346 g/mol. The van der Waals surface area contributed by atoms with Gasteiger partial charge < -0.3 is 14.8 Å². The van der Waals surface area contributed by atoms with E-state index in [1.807, 2.05) is 12.1 Å². The van der Waals surface area contributed by atoms with E-state index in [0.29, 0.717) is 5.69 Å². The third-order valence-corrected chi connectivity index (χ3v) is 3.51. The smallest absolute Gasteiger partial charge is 0.339 e. The van der Waals surface area contributed by atoms with Gasteiger partial charge in [0, 0.05) is 11.8 Å². The molecule has 0 aliphatic carbocycles. The van der Waals surface area contributed by atoms with Gasteiger partial charge in [-0.1, -0.05) is 23.7 Å². The van der Waals surface area contributed by atoms with Crippen molar-refractivity contribution in [2.75, 3.05) is 19.5 Å². The zero-order chi connectivity index (χ0) is 17.5. The molecule has 0 atom stereocenters. The first-order chi connectivity index (χ1) is 11.5. The Kier molecular flexibility index (Phi) is 5.98. The molecule has 0 heterocycles. The third-order valence-electron chi connectivity index (χ3n) is 3.18. The van der Waals surface area contributed by atoms with E-state index in [4.69, 9.17) is 16.3 Å². The van der Waals surface area contributed by atoms with Crippen LogP contribution < -0.4 is 10.1 Å². The first-order valence-corrected chi connectivity index (χ1v) is 7.42. The van der Waals surface area contributed by atoms with Gasteiger partial charge in [-0.3, -0.25) is 4.79 Å². The first kappa shape index (κ1) is 17.6. The Morgan fingerprint density at radius 1 is 1.08 bits per heavy atom. The van der Waals surface area contributed by atoms with Crippen LogP contribution in [0.4, 0.5) is 5.69 Å². The second kappa shape index (κ2) is 8.17. The number of nitrogens with one attached hydrogen (secondary N) is 1. The lowest BCUT2D eigenvalue weighted by molar-refractivity contribution is -0.111. The van der Waals surface area contributed by atoms with Crippen LogP contribution in [0, 0.1) is 0 Å². The molecule has 0 bridgehead atoms. The topological polar surface area (TPSA) is 64.6 Å². The van der Waals surface area contributed by atoms with E-state index in [0.717, 1.165) is 11.3 Å². The summed E-state index contributed by atoms with van der Waals surface area (Å²) in [6.07, 6.45) is 3.07. The maximum Gasteiger partial charge on any atom is 0.339 e. The number of amides is 1. The highest BCUT2D eigenvalue weighted by Crippen LogP contribution is 2.21. The predicted molar refractivity (Wildman–Crippen MR) is 93.4 cm³/mol. The number of methoxy groups -OCH3 is 2. The number of rotatable bonds is 5. The van der Waals surface area contributed by atoms with Crippen LogP contribution in [0.2, 0.25) is 5.02 Å². The van der Waals surface area contributed by atoms with E-state index in [2.05, 4.69) is 10.1 Å². The standard InChI is InChI=1S/C18H16ClNO4/c1-23-14-7-3-12(4-8-14)5-10-17(21)20-13-6-9-16(19)15(11-13)18(22)24-2/h3-11H,1-2H3,(H,20,21)/b10-5+. The molecule has 0 radical (unpaired) electrons. The quantitative estimate of drug-likeness (QED) is 0.661. The summed E-state index contributed by atoms with van der Waals surface area (Å²) in [6.45, 7) is 0. The minimum absolute atomic E-state index is 0.191. The minimum Gasteiger partial charge on any atom is -0.497 e. The Morgan fingerprint density at radius 2 is 1.79 bits per heavy atom. The molecule has 0 fully saturated rings. The van der Waals surface area contributed by atoms with Gasteiger partial charge in [0.1, 0.15) is 5.75 Å². The highest BCUT2D eigenvalue weighted by molar-refractivity contribution is 6.33. The van der Waals surface area contributed by atoms with Crippen LogP contribution in [-0.2, 0) is 9.53 Å². The molecular formula is C18H16ClNO4. The molecule has 0 spiro atoms. The molecule has 5 nitrogen and oxygen atoms in total. The summed E-state index contributed by atoms with van der Waals surface area (Å²) in [6, 6.07) is 11.9. The molecule has 24 heavy (non-hydrogen) atoms. The van der Waals surface area contributed by atoms with Gasteiger partial charge >= 0.3 is 5.97 Å². The Morgan fingerprint density at radius 3 is 2.42 bits per heavy atom. The fraction of sp³-hybridized carbons (Fsp3) is 0.111. The summed E-state index contributed by atoms with van der Waals surface area (Å²) in [7, 11) is 2.86. The Balaban J connectivity index is 2.06. The van der Waals surface area contributed by atoms with Crippen molar-refractivity contribution >= 4 is 35.2 Å². The van der Waals surface area contributed by atoms with Crippen LogP contribution in [0.1, 0.15) is 15.9 Å². The molecule has 124 valence electrons. The molecule has 1 amide bonds. The lowest BCUT2D eigenvalue weighted by Crippen LogP contribution is -2.09. The molecule has 0 aliphatic rings. The molecule has 0 aliphatic heterocycles. The largest absolute Gasteiger partial charge is 0.497 e. The number of esters is 1. The second-order valence-electron chi connectivity index (χ2n) is 4.78. The lowest BCUT2D eigenvalue weighted by atomic mass is 10.2. The van der Waals surface area contributed by atoms with Crippen molar-refractivity contribution in [2.24, 2.45) is 0 Å². The Bertz CT molecular complexity index is 769. The zero-order valence-corrected chi connectivity index (χ0v) is 14.0. The van der Waals surface area contributed by atoms with E-state index < -0.39 is 5.97 Å². The third kappa shape index (κ3) is 4.60. The number of halogens is 1. The molecule has 0 saturated carbocycles. The second-order valence-corrected chi connectivity index (χ2v) is 5.19. The molecule has 0 aromatic heterocycles. The fourth-order valence-electron chi connectivity index (χ4n) is 1.94. The Hall–Kier alpha value is -2.79. The van der Waals surface area contributed by atoms with Crippen LogP contribution in [0.3, 0.4) is 0 Å². The number of hydrogen-bond donors (Lipinski definition) is 1. The number of ether oxygens (including phenoxy) is 2. The van der Waals surface area contributed by atoms with Gasteiger partial charge in [0.05, 0.1) is 24.8 Å². The van der Waals surface area contributed by atoms with Gasteiger partial charge in [-0.15, -0.1) is 0 Å². The van der Waals surface area contributed by atoms with Gasteiger partial charge in [-0.05, 0) is 42.0 Å². The fourth-order valence-corrected chi connectivity index (χ4v) is 2.13. The van der Waals surface area contributed by atoms with Gasteiger partial charge in [-0.2, -0.15) is 0 Å². The SMILES string of the molecule is COC(=O)c1cc(NC(=O)/C=C/c2ccc(OC)cc2)ccc1Cl. The molecule has 1 N–H and O–H groups in total. The monoisotopic (exact) mass is 345 g/mol. The molecule has 0 unspecified atom stereocenters. The highest BCUT2D eigenvalue weighted by atomic mass is 35.5. The highest BCUT2D eigenvalue weighted by Gasteiger charge is 2.11. The Labute approximate surface area is 144 Å². The average Bonchev–Trinajstić information content (AvgIpc) is 2.61. The van der Waals surface area contributed by atoms with E-state index in [1.165, 1.54) is 25.3 Å². The zero-order valence-electron chi connectivity index (χ0n) is 13.2. The van der Waals surface area contributed by atoms with E-state index in [-0.39, 0.29) is 16.5 Å². The van der Waals surface area contributed by atoms with Crippen molar-refractivity contribution < 1.29 is 19.1 Å². The van der Waals surface area contributed by atoms with Crippen LogP contribution >= 0.6 is 11.6 Å². The molecule has 2 aromatic carbocycles. The molecule has 2 aromatic rings. The number of carbonyl (C=O) groups excluding carboxylic acids is 2. The van der Waals surface area contributed by atoms with Gasteiger partial charge in [0.15, 0.2) is 0 Å². The van der Waals surface area contributed by atoms with Gasteiger partial charge in [0.25, 0.3) is 0 Å². The number of carbonyl (C=O) groups is 2. The number of hydrogen-bond acceptors (Lipinski definition) is 4. The van der Waals surface area contributed by atoms with Gasteiger partial charge in [-0.25, -0.2) is 4.79 Å². The van der Waals surface area contributed by atoms with E-state index in [9.17, 15) is 9.59 Å². The van der Waals surface area contributed by atoms with Crippen molar-refractivity contribution in [3.05, 3.63) is 64.7 Å². The summed E-state index contributed by atoms with van der Waals surface area (Å²) >= 11 is 5.93. The number of benzene rings is 2. The van der Waals surface area contributed by atoms with Crippen LogP contribution in [0.25, 0.3) is 6.08 Å². The minimum atomic E-state index is -0.565. The van der Waals surface area contributed by atoms with Crippen molar-refractivity contribution in [3.8, 4) is 5.75 Å². The summed E-state index contributed by atoms with van der Waals surface area (Å²) in [4.78, 5) is 23.6. The summed E-state index contributed by atoms with van der Waals surface area (Å²) < 4.78 is 9.71. The summed E-state index contributed by atoms with van der Waals surface area (Å²) in [5.41, 5.74) is 1.50. The molecule has 2 rings (SSSR count). The summed E-state index contributed by atoms with van der Waals surface area (Å²) in [5.74, 6) is -0.151. The van der Waals surface area contributed by atoms with Crippen molar-refractivity contribution in [1.82, 2.24) is 0 Å². The first-order valence-electron chi connectivity index (χ1n) is 7.04. The maximum absolute atomic E-state index is 12.0. The van der Waals surface area contributed by atoms with Crippen molar-refractivity contribution in [1.29, 1.82) is 0 Å². The molecular weight excluding hydrogens is 330 g/mol. The van der Waals surface area contributed by atoms with Crippen LogP contribution in [0.5, 0.6) is 5.75 Å². The summed E-state index contributed by atoms with van der Waals surface area (Å²) in [5, 5.41) is 2.92. The van der Waals surface area contributed by atoms with Crippen LogP contribution in [-0.4, -0.2) is 26.1 Å². The maximum atomic E-state index is 12.0. The van der Waals surface area contributed by atoms with Gasteiger partial charge in [0.2, 0.25) is 5.91 Å². The predicted octanol–water partition coefficient (Wildman–Crippen LogP) is 3.79. The lowest BCUT2D eigenvalue weighted by Gasteiger charge is -2.06. The van der Waals surface area contributed by atoms with E-state index in [1.54, 1.807) is 31.4 Å². The normalized spacial score (nSPS) is 10.5. The molecule has 6 heteroatoms. The van der Waals surface area contributed by atoms with Crippen LogP contribution in [0.15, 0.2) is 48.5 Å². The molecule has 0 saturated heterocycles. The van der Waals surface area contributed by atoms with Crippen molar-refractivity contribution in [2.45, 2.75) is 0 Å². The van der Waals surface area contributed by atoms with E-state index >= 15 is 0 Å². The van der Waals surface area contributed by atoms with Crippen molar-refractivity contribution in [3.63, 3.8) is 0 Å². The number of anilines is 1.